The highest BCUT2D eigenvalue weighted by molar-refractivity contribution is 7.20. The Morgan fingerprint density at radius 2 is 2.25 bits per heavy atom. The molecule has 2 rings (SSSR count). The Kier molecular flexibility index (Phi) is 4.24. The first-order valence-electron chi connectivity index (χ1n) is 6.28. The van der Waals surface area contributed by atoms with E-state index in [0.29, 0.717) is 17.0 Å². The number of thiophene rings is 1. The molecule has 5 nitrogen and oxygen atoms in total. The lowest BCUT2D eigenvalue weighted by molar-refractivity contribution is -0.145. The van der Waals surface area contributed by atoms with Gasteiger partial charge in [-0.2, -0.15) is 0 Å². The monoisotopic (exact) mass is 292 g/mol. The Hall–Kier alpha value is -2.08. The van der Waals surface area contributed by atoms with Crippen LogP contribution in [-0.2, 0) is 4.79 Å². The largest absolute Gasteiger partial charge is 0.479 e. The summed E-state index contributed by atoms with van der Waals surface area (Å²) in [4.78, 5) is 11.8. The van der Waals surface area contributed by atoms with Crippen molar-refractivity contribution in [2.24, 2.45) is 5.73 Å². The van der Waals surface area contributed by atoms with Crippen molar-refractivity contribution in [3.63, 3.8) is 0 Å². The maximum absolute atomic E-state index is 11.1. The molecule has 0 spiro atoms. The SMILES string of the molecule is CCCC(Oc1ccc2cc(C(=N)N)sc2c1)C(=O)O. The summed E-state index contributed by atoms with van der Waals surface area (Å²) in [6, 6.07) is 7.22. The second-order valence-electron chi connectivity index (χ2n) is 4.46. The van der Waals surface area contributed by atoms with E-state index in [-0.39, 0.29) is 5.84 Å². The summed E-state index contributed by atoms with van der Waals surface area (Å²) in [6.45, 7) is 1.92. The van der Waals surface area contributed by atoms with Crippen LogP contribution in [0.4, 0.5) is 0 Å². The number of aliphatic carboxylic acids is 1. The normalized spacial score (nSPS) is 12.2. The number of carbonyl (C=O) groups is 1. The predicted molar refractivity (Wildman–Crippen MR) is 79.8 cm³/mol. The van der Waals surface area contributed by atoms with Crippen LogP contribution in [0.3, 0.4) is 0 Å². The van der Waals surface area contributed by atoms with Crippen molar-refractivity contribution in [1.82, 2.24) is 0 Å². The molecule has 0 aliphatic heterocycles. The number of rotatable bonds is 6. The van der Waals surface area contributed by atoms with E-state index in [1.165, 1.54) is 11.3 Å². The van der Waals surface area contributed by atoms with Crippen LogP contribution in [0.1, 0.15) is 24.6 Å². The van der Waals surface area contributed by atoms with Crippen molar-refractivity contribution >= 4 is 33.2 Å². The van der Waals surface area contributed by atoms with Gasteiger partial charge in [-0.15, -0.1) is 11.3 Å². The number of hydrogen-bond donors (Lipinski definition) is 3. The maximum atomic E-state index is 11.1. The summed E-state index contributed by atoms with van der Waals surface area (Å²) in [5.41, 5.74) is 5.46. The molecule has 20 heavy (non-hydrogen) atoms. The fraction of sp³-hybridized carbons (Fsp3) is 0.286. The van der Waals surface area contributed by atoms with Crippen molar-refractivity contribution in [2.75, 3.05) is 0 Å². The molecule has 0 aliphatic rings. The third-order valence-corrected chi connectivity index (χ3v) is 3.99. The quantitative estimate of drug-likeness (QED) is 0.563. The van der Waals surface area contributed by atoms with Crippen LogP contribution >= 0.6 is 11.3 Å². The number of benzene rings is 1. The van der Waals surface area contributed by atoms with E-state index < -0.39 is 12.1 Å². The molecule has 6 heteroatoms. The number of fused-ring (bicyclic) bond motifs is 1. The van der Waals surface area contributed by atoms with Gasteiger partial charge in [0.2, 0.25) is 0 Å². The Morgan fingerprint density at radius 3 is 2.85 bits per heavy atom. The van der Waals surface area contributed by atoms with Crippen LogP contribution in [0.25, 0.3) is 10.1 Å². The van der Waals surface area contributed by atoms with E-state index in [4.69, 9.17) is 21.0 Å². The van der Waals surface area contributed by atoms with E-state index in [1.54, 1.807) is 12.1 Å². The number of carboxylic acid groups (broad SMARTS) is 1. The van der Waals surface area contributed by atoms with Crippen LogP contribution in [0.2, 0.25) is 0 Å². The summed E-state index contributed by atoms with van der Waals surface area (Å²) in [5, 5.41) is 17.5. The molecule has 1 heterocycles. The van der Waals surface area contributed by atoms with Gasteiger partial charge in [-0.1, -0.05) is 13.3 Å². The topological polar surface area (TPSA) is 96.4 Å². The molecule has 1 unspecified atom stereocenters. The molecule has 0 radical (unpaired) electrons. The van der Waals surface area contributed by atoms with Crippen molar-refractivity contribution in [1.29, 1.82) is 5.41 Å². The standard InChI is InChI=1S/C14H16N2O3S/c1-2-3-10(14(17)18)19-9-5-4-8-6-12(13(15)16)20-11(8)7-9/h4-7,10H,2-3H2,1H3,(H3,15,16)(H,17,18). The zero-order valence-electron chi connectivity index (χ0n) is 11.1. The maximum Gasteiger partial charge on any atom is 0.344 e. The number of hydrogen-bond acceptors (Lipinski definition) is 4. The molecule has 4 N–H and O–H groups in total. The van der Waals surface area contributed by atoms with Gasteiger partial charge in [-0.05, 0) is 36.1 Å². The highest BCUT2D eigenvalue weighted by atomic mass is 32.1. The van der Waals surface area contributed by atoms with Crippen LogP contribution in [0.15, 0.2) is 24.3 Å². The summed E-state index contributed by atoms with van der Waals surface area (Å²) >= 11 is 1.39. The lowest BCUT2D eigenvalue weighted by atomic mass is 10.2. The van der Waals surface area contributed by atoms with Crippen LogP contribution in [0.5, 0.6) is 5.75 Å². The molecule has 0 saturated carbocycles. The van der Waals surface area contributed by atoms with Crippen LogP contribution < -0.4 is 10.5 Å². The van der Waals surface area contributed by atoms with Gasteiger partial charge in [0.25, 0.3) is 0 Å². The van der Waals surface area contributed by atoms with Gasteiger partial charge in [0, 0.05) is 4.70 Å². The Balaban J connectivity index is 2.26. The van der Waals surface area contributed by atoms with Gasteiger partial charge in [0.15, 0.2) is 6.10 Å². The third kappa shape index (κ3) is 3.08. The highest BCUT2D eigenvalue weighted by Gasteiger charge is 2.18. The number of nitrogens with two attached hydrogens (primary N) is 1. The fourth-order valence-electron chi connectivity index (χ4n) is 1.88. The average Bonchev–Trinajstić information content (AvgIpc) is 2.81. The van der Waals surface area contributed by atoms with Gasteiger partial charge < -0.3 is 15.6 Å². The van der Waals surface area contributed by atoms with E-state index >= 15 is 0 Å². The van der Waals surface area contributed by atoms with Crippen LogP contribution in [0, 0.1) is 5.41 Å². The first-order valence-corrected chi connectivity index (χ1v) is 7.10. The molecule has 1 atom stereocenters. The summed E-state index contributed by atoms with van der Waals surface area (Å²) in [7, 11) is 0. The first kappa shape index (κ1) is 14.3. The molecule has 0 aliphatic carbocycles. The molecule has 1 aromatic heterocycles. The van der Waals surface area contributed by atoms with Crippen molar-refractivity contribution < 1.29 is 14.6 Å². The minimum Gasteiger partial charge on any atom is -0.479 e. The molecular formula is C14H16N2O3S. The van der Waals surface area contributed by atoms with Crippen LogP contribution in [-0.4, -0.2) is 23.0 Å². The van der Waals surface area contributed by atoms with Gasteiger partial charge >= 0.3 is 5.97 Å². The molecule has 1 aromatic carbocycles. The van der Waals surface area contributed by atoms with Gasteiger partial charge in [-0.25, -0.2) is 4.79 Å². The smallest absolute Gasteiger partial charge is 0.344 e. The summed E-state index contributed by atoms with van der Waals surface area (Å²) < 4.78 is 6.44. The zero-order chi connectivity index (χ0) is 14.7. The molecule has 106 valence electrons. The fourth-order valence-corrected chi connectivity index (χ4v) is 2.83. The highest BCUT2D eigenvalue weighted by Crippen LogP contribution is 2.29. The van der Waals surface area contributed by atoms with E-state index in [1.807, 2.05) is 19.1 Å². The lowest BCUT2D eigenvalue weighted by Crippen LogP contribution is -2.26. The molecule has 0 fully saturated rings. The number of ether oxygens (including phenoxy) is 1. The molecule has 0 saturated heterocycles. The Morgan fingerprint density at radius 1 is 1.50 bits per heavy atom. The number of amidine groups is 1. The van der Waals surface area contributed by atoms with Gasteiger partial charge in [-0.3, -0.25) is 5.41 Å². The minimum absolute atomic E-state index is 0.0306. The summed E-state index contributed by atoms with van der Waals surface area (Å²) in [5.74, 6) is -0.402. The molecule has 2 aromatic rings. The minimum atomic E-state index is -0.956. The zero-order valence-corrected chi connectivity index (χ0v) is 11.9. The molecular weight excluding hydrogens is 276 g/mol. The molecule has 0 bridgehead atoms. The number of carboxylic acids is 1. The Labute approximate surface area is 120 Å². The van der Waals surface area contributed by atoms with Gasteiger partial charge in [0.1, 0.15) is 11.6 Å². The van der Waals surface area contributed by atoms with E-state index in [0.717, 1.165) is 16.5 Å². The van der Waals surface area contributed by atoms with Crippen molar-refractivity contribution in [3.05, 3.63) is 29.1 Å². The van der Waals surface area contributed by atoms with Gasteiger partial charge in [0.05, 0.1) is 4.88 Å². The molecule has 0 amide bonds. The number of nitrogen functional groups attached to an aromatic ring is 1. The number of nitrogens with one attached hydrogen (secondary N) is 1. The van der Waals surface area contributed by atoms with E-state index in [2.05, 4.69) is 0 Å². The predicted octanol–water partition coefficient (Wildman–Crippen LogP) is 2.82. The van der Waals surface area contributed by atoms with Crippen molar-refractivity contribution in [3.8, 4) is 5.75 Å². The Bertz CT molecular complexity index is 651. The second kappa shape index (κ2) is 5.92. The summed E-state index contributed by atoms with van der Waals surface area (Å²) in [6.07, 6.45) is 0.383. The first-order chi connectivity index (χ1) is 9.51. The van der Waals surface area contributed by atoms with Crippen molar-refractivity contribution in [2.45, 2.75) is 25.9 Å². The average molecular weight is 292 g/mol. The second-order valence-corrected chi connectivity index (χ2v) is 5.54. The van der Waals surface area contributed by atoms with E-state index in [9.17, 15) is 4.79 Å². The third-order valence-electron chi connectivity index (χ3n) is 2.86. The lowest BCUT2D eigenvalue weighted by Gasteiger charge is -2.14.